The molecule has 0 saturated carbocycles. The third-order valence-electron chi connectivity index (χ3n) is 2.53. The Morgan fingerprint density at radius 3 is 2.76 bits per heavy atom. The van der Waals surface area contributed by atoms with Crippen LogP contribution in [0.3, 0.4) is 0 Å². The van der Waals surface area contributed by atoms with Crippen LogP contribution in [0.4, 0.5) is 5.69 Å². The van der Waals surface area contributed by atoms with Crippen molar-refractivity contribution in [3.8, 4) is 5.75 Å². The fourth-order valence-electron chi connectivity index (χ4n) is 1.59. The highest BCUT2D eigenvalue weighted by Crippen LogP contribution is 2.25. The van der Waals surface area contributed by atoms with Crippen LogP contribution in [0.1, 0.15) is 17.3 Å². The Morgan fingerprint density at radius 2 is 2.10 bits per heavy atom. The lowest BCUT2D eigenvalue weighted by Gasteiger charge is -2.12. The Labute approximate surface area is 123 Å². The van der Waals surface area contributed by atoms with E-state index in [4.69, 9.17) is 19.9 Å². The van der Waals surface area contributed by atoms with Gasteiger partial charge in [-0.3, -0.25) is 4.79 Å². The number of benzene rings is 1. The summed E-state index contributed by atoms with van der Waals surface area (Å²) in [6, 6.07) is 4.86. The quantitative estimate of drug-likeness (QED) is 0.414. The summed E-state index contributed by atoms with van der Waals surface area (Å²) >= 11 is 0. The fourth-order valence-corrected chi connectivity index (χ4v) is 1.59. The predicted molar refractivity (Wildman–Crippen MR) is 77.2 cm³/mol. The van der Waals surface area contributed by atoms with Crippen molar-refractivity contribution in [1.82, 2.24) is 5.32 Å². The zero-order chi connectivity index (χ0) is 15.7. The van der Waals surface area contributed by atoms with E-state index in [0.29, 0.717) is 25.5 Å². The number of hydrogen-bond acceptors (Lipinski definition) is 6. The first kappa shape index (κ1) is 16.8. The molecule has 1 aromatic carbocycles. The van der Waals surface area contributed by atoms with Gasteiger partial charge in [-0.1, -0.05) is 6.07 Å². The van der Waals surface area contributed by atoms with E-state index in [-0.39, 0.29) is 17.9 Å². The van der Waals surface area contributed by atoms with Crippen LogP contribution in [-0.2, 0) is 14.3 Å². The summed E-state index contributed by atoms with van der Waals surface area (Å²) in [6.45, 7) is 2.54. The Bertz CT molecular complexity index is 490. The van der Waals surface area contributed by atoms with Gasteiger partial charge in [-0.25, -0.2) is 4.79 Å². The first-order valence-electron chi connectivity index (χ1n) is 6.54. The van der Waals surface area contributed by atoms with Gasteiger partial charge in [0.05, 0.1) is 13.2 Å². The summed E-state index contributed by atoms with van der Waals surface area (Å²) in [5.74, 6) is -0.770. The Kier molecular flexibility index (Phi) is 7.03. The van der Waals surface area contributed by atoms with Gasteiger partial charge in [0, 0.05) is 19.3 Å². The summed E-state index contributed by atoms with van der Waals surface area (Å²) in [6.07, 6.45) is 0. The molecule has 0 aromatic heterocycles. The number of hydrogen-bond donors (Lipinski definition) is 2. The Hall–Kier alpha value is -2.28. The molecular weight excluding hydrogens is 276 g/mol. The molecule has 0 unspecified atom stereocenters. The third-order valence-corrected chi connectivity index (χ3v) is 2.53. The van der Waals surface area contributed by atoms with Crippen LogP contribution in [0.5, 0.6) is 5.75 Å². The second-order valence-electron chi connectivity index (χ2n) is 4.07. The first-order chi connectivity index (χ1) is 10.1. The van der Waals surface area contributed by atoms with Crippen LogP contribution in [0.25, 0.3) is 0 Å². The molecular formula is C14H20N2O5. The van der Waals surface area contributed by atoms with Crippen LogP contribution in [0.15, 0.2) is 18.2 Å². The number of methoxy groups -OCH3 is 1. The van der Waals surface area contributed by atoms with Crippen LogP contribution in [0.2, 0.25) is 0 Å². The van der Waals surface area contributed by atoms with Crippen molar-refractivity contribution in [3.63, 3.8) is 0 Å². The van der Waals surface area contributed by atoms with E-state index in [1.165, 1.54) is 7.11 Å². The molecule has 0 spiro atoms. The average molecular weight is 296 g/mol. The van der Waals surface area contributed by atoms with Crippen LogP contribution in [-0.4, -0.2) is 45.4 Å². The maximum absolute atomic E-state index is 12.0. The van der Waals surface area contributed by atoms with E-state index in [0.717, 1.165) is 0 Å². The standard InChI is InChI=1S/C14H20N2O5/c1-3-20-11-6-4-5-10(15)13(11)14(18)21-9-12(17)16-7-8-19-2/h4-6H,3,7-9,15H2,1-2H3,(H,16,17). The Morgan fingerprint density at radius 1 is 1.33 bits per heavy atom. The number of ether oxygens (including phenoxy) is 3. The molecule has 0 bridgehead atoms. The predicted octanol–water partition coefficient (Wildman–Crippen LogP) is 0.587. The van der Waals surface area contributed by atoms with Gasteiger partial charge >= 0.3 is 5.97 Å². The molecule has 1 aromatic rings. The van der Waals surface area contributed by atoms with Crippen molar-refractivity contribution < 1.29 is 23.8 Å². The average Bonchev–Trinajstić information content (AvgIpc) is 2.45. The third kappa shape index (κ3) is 5.31. The molecule has 0 aliphatic heterocycles. The van der Waals surface area contributed by atoms with E-state index >= 15 is 0 Å². The van der Waals surface area contributed by atoms with Crippen molar-refractivity contribution in [2.45, 2.75) is 6.92 Å². The maximum atomic E-state index is 12.0. The van der Waals surface area contributed by atoms with Crippen LogP contribution >= 0.6 is 0 Å². The minimum atomic E-state index is -0.696. The minimum Gasteiger partial charge on any atom is -0.493 e. The van der Waals surface area contributed by atoms with Crippen LogP contribution < -0.4 is 15.8 Å². The van der Waals surface area contributed by atoms with Gasteiger partial charge in [-0.2, -0.15) is 0 Å². The number of anilines is 1. The maximum Gasteiger partial charge on any atom is 0.344 e. The van der Waals surface area contributed by atoms with Gasteiger partial charge in [-0.15, -0.1) is 0 Å². The van der Waals surface area contributed by atoms with E-state index < -0.39 is 11.9 Å². The molecule has 1 rings (SSSR count). The molecule has 0 radical (unpaired) electrons. The minimum absolute atomic E-state index is 0.129. The molecule has 0 heterocycles. The molecule has 0 saturated heterocycles. The molecule has 0 atom stereocenters. The highest BCUT2D eigenvalue weighted by atomic mass is 16.5. The molecule has 0 aliphatic rings. The zero-order valence-electron chi connectivity index (χ0n) is 12.2. The molecule has 7 nitrogen and oxygen atoms in total. The molecule has 0 fully saturated rings. The molecule has 1 amide bonds. The number of rotatable bonds is 8. The van der Waals surface area contributed by atoms with E-state index in [9.17, 15) is 9.59 Å². The normalized spacial score (nSPS) is 10.0. The Balaban J connectivity index is 2.61. The lowest BCUT2D eigenvalue weighted by molar-refractivity contribution is -0.124. The molecule has 3 N–H and O–H groups in total. The number of nitrogens with two attached hydrogens (primary N) is 1. The summed E-state index contributed by atoms with van der Waals surface area (Å²) in [7, 11) is 1.53. The number of carbonyl (C=O) groups excluding carboxylic acids is 2. The van der Waals surface area contributed by atoms with Crippen molar-refractivity contribution in [2.24, 2.45) is 0 Å². The van der Waals surface area contributed by atoms with E-state index in [1.54, 1.807) is 25.1 Å². The lowest BCUT2D eigenvalue weighted by atomic mass is 10.1. The van der Waals surface area contributed by atoms with E-state index in [1.807, 2.05) is 0 Å². The topological polar surface area (TPSA) is 99.9 Å². The second-order valence-corrected chi connectivity index (χ2v) is 4.07. The number of carbonyl (C=O) groups is 2. The van der Waals surface area contributed by atoms with Crippen molar-refractivity contribution >= 4 is 17.6 Å². The highest BCUT2D eigenvalue weighted by molar-refractivity contribution is 5.99. The van der Waals surface area contributed by atoms with Gasteiger partial charge < -0.3 is 25.3 Å². The number of nitrogens with one attached hydrogen (secondary N) is 1. The monoisotopic (exact) mass is 296 g/mol. The second kappa shape index (κ2) is 8.80. The van der Waals surface area contributed by atoms with Gasteiger partial charge in [0.1, 0.15) is 11.3 Å². The van der Waals surface area contributed by atoms with Crippen molar-refractivity contribution in [2.75, 3.05) is 39.2 Å². The summed E-state index contributed by atoms with van der Waals surface area (Å²) in [4.78, 5) is 23.5. The molecule has 21 heavy (non-hydrogen) atoms. The van der Waals surface area contributed by atoms with Gasteiger partial charge in [0.2, 0.25) is 0 Å². The highest BCUT2D eigenvalue weighted by Gasteiger charge is 2.18. The number of amides is 1. The first-order valence-corrected chi connectivity index (χ1v) is 6.54. The molecule has 0 aliphatic carbocycles. The summed E-state index contributed by atoms with van der Waals surface area (Å²) < 4.78 is 15.1. The SMILES string of the molecule is CCOc1cccc(N)c1C(=O)OCC(=O)NCCOC. The largest absolute Gasteiger partial charge is 0.493 e. The smallest absolute Gasteiger partial charge is 0.344 e. The van der Waals surface area contributed by atoms with Gasteiger partial charge in [-0.05, 0) is 19.1 Å². The lowest BCUT2D eigenvalue weighted by Crippen LogP contribution is -2.31. The van der Waals surface area contributed by atoms with Gasteiger partial charge in [0.25, 0.3) is 5.91 Å². The molecule has 116 valence electrons. The van der Waals surface area contributed by atoms with Crippen molar-refractivity contribution in [1.29, 1.82) is 0 Å². The van der Waals surface area contributed by atoms with Crippen LogP contribution in [0, 0.1) is 0 Å². The zero-order valence-corrected chi connectivity index (χ0v) is 12.2. The summed E-state index contributed by atoms with van der Waals surface area (Å²) in [5.41, 5.74) is 6.13. The number of esters is 1. The summed E-state index contributed by atoms with van der Waals surface area (Å²) in [5, 5.41) is 2.54. The van der Waals surface area contributed by atoms with E-state index in [2.05, 4.69) is 5.32 Å². The number of nitrogen functional groups attached to an aromatic ring is 1. The van der Waals surface area contributed by atoms with Crippen molar-refractivity contribution in [3.05, 3.63) is 23.8 Å². The molecule has 7 heteroatoms. The van der Waals surface area contributed by atoms with Gasteiger partial charge in [0.15, 0.2) is 6.61 Å². The fraction of sp³-hybridized carbons (Fsp3) is 0.429.